The van der Waals surface area contributed by atoms with E-state index in [0.717, 1.165) is 17.6 Å². The topological polar surface area (TPSA) is 32.6 Å². The van der Waals surface area contributed by atoms with Crippen LogP contribution < -0.4 is 4.57 Å². The lowest BCUT2D eigenvalue weighted by molar-refractivity contribution is -0.662. The van der Waals surface area contributed by atoms with Gasteiger partial charge in [0, 0.05) is 0 Å². The highest BCUT2D eigenvalue weighted by Gasteiger charge is 2.13. The molecule has 0 atom stereocenters. The largest absolute Gasteiger partial charge is 0.249 e. The smallest absolute Gasteiger partial charge is 0.225 e. The maximum Gasteiger partial charge on any atom is 0.249 e. The molecule has 3 nitrogen and oxygen atoms in total. The van der Waals surface area contributed by atoms with Crippen molar-refractivity contribution in [1.29, 1.82) is 5.26 Å². The summed E-state index contributed by atoms with van der Waals surface area (Å²) >= 11 is 0. The zero-order valence-electron chi connectivity index (χ0n) is 11.0. The fraction of sp³-hybridized carbons (Fsp3) is 0.0588. The number of para-hydroxylation sites is 2. The first-order valence-corrected chi connectivity index (χ1v) is 6.42. The number of nitriles is 1. The molecule has 0 unspecified atom stereocenters. The van der Waals surface area contributed by atoms with Gasteiger partial charge in [-0.1, -0.05) is 30.8 Å². The molecule has 1 aromatic heterocycles. The van der Waals surface area contributed by atoms with Crippen LogP contribution in [0.4, 0.5) is 0 Å². The molecule has 0 amide bonds. The van der Waals surface area contributed by atoms with E-state index in [-0.39, 0.29) is 0 Å². The number of fused-ring (bicyclic) bond motifs is 1. The van der Waals surface area contributed by atoms with Crippen LogP contribution in [0.5, 0.6) is 0 Å². The van der Waals surface area contributed by atoms with E-state index in [4.69, 9.17) is 5.26 Å². The first-order chi connectivity index (χ1) is 9.81. The van der Waals surface area contributed by atoms with Gasteiger partial charge in [-0.3, -0.25) is 0 Å². The van der Waals surface area contributed by atoms with Gasteiger partial charge in [0.15, 0.2) is 11.0 Å². The Bertz CT molecular complexity index is 804. The van der Waals surface area contributed by atoms with Crippen molar-refractivity contribution in [2.24, 2.45) is 0 Å². The number of imidazole rings is 1. The summed E-state index contributed by atoms with van der Waals surface area (Å²) in [5.41, 5.74) is 4.15. The van der Waals surface area contributed by atoms with Gasteiger partial charge < -0.3 is 0 Å². The summed E-state index contributed by atoms with van der Waals surface area (Å²) in [5, 5.41) is 8.83. The molecule has 0 saturated carbocycles. The molecule has 3 aromatic rings. The van der Waals surface area contributed by atoms with E-state index in [2.05, 4.69) is 29.3 Å². The Morgan fingerprint density at radius 3 is 2.60 bits per heavy atom. The van der Waals surface area contributed by atoms with E-state index >= 15 is 0 Å². The molecule has 0 N–H and O–H groups in total. The first-order valence-electron chi connectivity index (χ1n) is 6.42. The molecule has 3 rings (SSSR count). The van der Waals surface area contributed by atoms with Gasteiger partial charge in [0.05, 0.1) is 17.8 Å². The lowest BCUT2D eigenvalue weighted by Crippen LogP contribution is -2.32. The number of benzene rings is 2. The molecule has 0 spiro atoms. The summed E-state index contributed by atoms with van der Waals surface area (Å²) in [5.74, 6) is 0. The predicted octanol–water partition coefficient (Wildman–Crippen LogP) is 2.95. The summed E-state index contributed by atoms with van der Waals surface area (Å²) in [7, 11) is 0. The lowest BCUT2D eigenvalue weighted by atomic mass is 10.1. The Labute approximate surface area is 117 Å². The second kappa shape index (κ2) is 5.02. The number of rotatable bonds is 3. The van der Waals surface area contributed by atoms with Crippen LogP contribution in [0.15, 0.2) is 61.4 Å². The molecule has 96 valence electrons. The molecule has 2 aromatic carbocycles. The summed E-state index contributed by atoms with van der Waals surface area (Å²) in [6.45, 7) is 4.61. The van der Waals surface area contributed by atoms with E-state index in [1.807, 2.05) is 47.3 Å². The van der Waals surface area contributed by atoms with Crippen LogP contribution in [-0.2, 0) is 6.54 Å². The maximum atomic E-state index is 8.83. The Balaban J connectivity index is 2.02. The Kier molecular flexibility index (Phi) is 3.06. The molecule has 0 radical (unpaired) electrons. The van der Waals surface area contributed by atoms with Gasteiger partial charge in [0.1, 0.15) is 6.54 Å². The van der Waals surface area contributed by atoms with Gasteiger partial charge in [-0.05, 0) is 29.8 Å². The molecule has 0 bridgehead atoms. The summed E-state index contributed by atoms with van der Waals surface area (Å²) in [6.07, 6.45) is 3.84. The van der Waals surface area contributed by atoms with E-state index in [1.165, 1.54) is 5.56 Å². The number of hydrogen-bond acceptors (Lipinski definition) is 1. The number of hydrogen-bond donors (Lipinski definition) is 0. The van der Waals surface area contributed by atoms with Gasteiger partial charge >= 0.3 is 0 Å². The quantitative estimate of drug-likeness (QED) is 0.666. The summed E-state index contributed by atoms with van der Waals surface area (Å²) in [4.78, 5) is 0. The van der Waals surface area contributed by atoms with Crippen LogP contribution in [0.2, 0.25) is 0 Å². The van der Waals surface area contributed by atoms with Gasteiger partial charge in [-0.25, -0.2) is 9.13 Å². The highest BCUT2D eigenvalue weighted by atomic mass is 15.1. The zero-order valence-corrected chi connectivity index (χ0v) is 11.0. The third-order valence-electron chi connectivity index (χ3n) is 3.37. The second-order valence-electron chi connectivity index (χ2n) is 4.63. The lowest BCUT2D eigenvalue weighted by Gasteiger charge is -1.99. The molecule has 0 fully saturated rings. The molecular formula is C17H14N3+. The Hall–Kier alpha value is -2.86. The molecule has 3 heteroatoms. The highest BCUT2D eigenvalue weighted by molar-refractivity contribution is 5.73. The first kappa shape index (κ1) is 12.2. The third-order valence-corrected chi connectivity index (χ3v) is 3.37. The predicted molar refractivity (Wildman–Crippen MR) is 78.8 cm³/mol. The Morgan fingerprint density at radius 2 is 1.90 bits per heavy atom. The number of nitrogens with zero attached hydrogens (tertiary/aromatic N) is 3. The van der Waals surface area contributed by atoms with Crippen LogP contribution >= 0.6 is 0 Å². The van der Waals surface area contributed by atoms with Crippen molar-refractivity contribution in [3.63, 3.8) is 0 Å². The standard InChI is InChI=1S/C17H14N3/c1-2-19-13-20(17-6-4-3-5-16(17)19)12-15-9-7-14(11-18)8-10-15/h2-10,13H,1,12H2/q+1. The number of aromatic nitrogens is 2. The third kappa shape index (κ3) is 2.08. The van der Waals surface area contributed by atoms with Crippen molar-refractivity contribution in [3.05, 3.63) is 72.6 Å². The maximum absolute atomic E-state index is 8.83. The molecular weight excluding hydrogens is 246 g/mol. The molecule has 0 aliphatic carbocycles. The second-order valence-corrected chi connectivity index (χ2v) is 4.63. The van der Waals surface area contributed by atoms with Crippen LogP contribution in [-0.4, -0.2) is 4.57 Å². The molecule has 20 heavy (non-hydrogen) atoms. The fourth-order valence-electron chi connectivity index (χ4n) is 2.35. The minimum Gasteiger partial charge on any atom is -0.225 e. The van der Waals surface area contributed by atoms with Crippen LogP contribution in [0, 0.1) is 11.3 Å². The van der Waals surface area contributed by atoms with Gasteiger partial charge in [-0.2, -0.15) is 5.26 Å². The van der Waals surface area contributed by atoms with E-state index in [1.54, 1.807) is 6.20 Å². The SMILES string of the molecule is C=Cn1c[n+](Cc2ccc(C#N)cc2)c2ccccc21. The van der Waals surface area contributed by atoms with Gasteiger partial charge in [0.25, 0.3) is 0 Å². The van der Waals surface area contributed by atoms with Crippen molar-refractivity contribution in [2.45, 2.75) is 6.54 Å². The molecule has 1 heterocycles. The van der Waals surface area contributed by atoms with E-state index < -0.39 is 0 Å². The van der Waals surface area contributed by atoms with Crippen LogP contribution in [0.25, 0.3) is 17.2 Å². The van der Waals surface area contributed by atoms with Crippen molar-refractivity contribution in [1.82, 2.24) is 4.57 Å². The van der Waals surface area contributed by atoms with Crippen molar-refractivity contribution in [3.8, 4) is 6.07 Å². The minimum absolute atomic E-state index is 0.687. The van der Waals surface area contributed by atoms with Gasteiger partial charge in [0.2, 0.25) is 6.33 Å². The molecule has 0 aliphatic rings. The van der Waals surface area contributed by atoms with Gasteiger partial charge in [-0.15, -0.1) is 0 Å². The van der Waals surface area contributed by atoms with E-state index in [9.17, 15) is 0 Å². The Morgan fingerprint density at radius 1 is 1.15 bits per heavy atom. The van der Waals surface area contributed by atoms with Crippen molar-refractivity contribution < 1.29 is 4.57 Å². The van der Waals surface area contributed by atoms with Crippen LogP contribution in [0.1, 0.15) is 11.1 Å². The highest BCUT2D eigenvalue weighted by Crippen LogP contribution is 2.12. The molecule has 0 aliphatic heterocycles. The zero-order chi connectivity index (χ0) is 13.9. The van der Waals surface area contributed by atoms with Crippen molar-refractivity contribution >= 4 is 17.2 Å². The van der Waals surface area contributed by atoms with Crippen LogP contribution in [0.3, 0.4) is 0 Å². The average Bonchev–Trinajstić information content (AvgIpc) is 2.86. The minimum atomic E-state index is 0.687. The fourth-order valence-corrected chi connectivity index (χ4v) is 2.35. The molecule has 0 saturated heterocycles. The summed E-state index contributed by atoms with van der Waals surface area (Å²) < 4.78 is 4.19. The normalized spacial score (nSPS) is 10.3. The van der Waals surface area contributed by atoms with Crippen molar-refractivity contribution in [2.75, 3.05) is 0 Å². The van der Waals surface area contributed by atoms with E-state index in [0.29, 0.717) is 5.56 Å². The summed E-state index contributed by atoms with van der Waals surface area (Å²) in [6, 6.07) is 18.0. The monoisotopic (exact) mass is 260 g/mol. The average molecular weight is 260 g/mol.